The van der Waals surface area contributed by atoms with Crippen molar-refractivity contribution in [3.8, 4) is 0 Å². The summed E-state index contributed by atoms with van der Waals surface area (Å²) in [5, 5.41) is 2.74. The van der Waals surface area contributed by atoms with Gasteiger partial charge in [-0.1, -0.05) is 61.2 Å². The van der Waals surface area contributed by atoms with E-state index in [0.29, 0.717) is 0 Å². The number of hydrogen-bond acceptors (Lipinski definition) is 4. The molecule has 150 valence electrons. The van der Waals surface area contributed by atoms with E-state index in [2.05, 4.69) is 77.9 Å². The van der Waals surface area contributed by atoms with Crippen LogP contribution in [0.5, 0.6) is 0 Å². The van der Waals surface area contributed by atoms with Crippen molar-refractivity contribution in [3.63, 3.8) is 0 Å². The first-order valence-corrected chi connectivity index (χ1v) is 12.3. The van der Waals surface area contributed by atoms with E-state index in [1.165, 1.54) is 42.0 Å². The molecule has 2 atom stereocenters. The van der Waals surface area contributed by atoms with Crippen LogP contribution in [0.1, 0.15) is 25.3 Å². The summed E-state index contributed by atoms with van der Waals surface area (Å²) in [4.78, 5) is 3.86. The Kier molecular flexibility index (Phi) is 3.51. The molecule has 3 aromatic rings. The molecular formula is C25H23N2OS2+. The maximum absolute atomic E-state index is 6.90. The number of benzene rings is 2. The number of ether oxygens (including phenoxy) is 1. The number of para-hydroxylation sites is 2. The first-order valence-electron chi connectivity index (χ1n) is 10.7. The zero-order valence-electron chi connectivity index (χ0n) is 17.1. The molecule has 30 heavy (non-hydrogen) atoms. The molecule has 0 radical (unpaired) electrons. The van der Waals surface area contributed by atoms with Gasteiger partial charge in [-0.2, -0.15) is 4.57 Å². The highest BCUT2D eigenvalue weighted by Crippen LogP contribution is 2.53. The monoisotopic (exact) mass is 431 g/mol. The summed E-state index contributed by atoms with van der Waals surface area (Å²) >= 11 is 3.82. The van der Waals surface area contributed by atoms with Crippen molar-refractivity contribution in [1.29, 1.82) is 0 Å². The molecule has 5 heterocycles. The van der Waals surface area contributed by atoms with Crippen LogP contribution in [0.25, 0.3) is 15.8 Å². The number of aromatic nitrogens is 1. The van der Waals surface area contributed by atoms with E-state index in [-0.39, 0.29) is 17.6 Å². The van der Waals surface area contributed by atoms with Crippen molar-refractivity contribution in [3.05, 3.63) is 70.2 Å². The van der Waals surface area contributed by atoms with Gasteiger partial charge in [0.25, 0.3) is 5.01 Å². The van der Waals surface area contributed by atoms with Gasteiger partial charge in [0.15, 0.2) is 6.54 Å². The lowest BCUT2D eigenvalue weighted by molar-refractivity contribution is -0.688. The Balaban J connectivity index is 1.45. The lowest BCUT2D eigenvalue weighted by atomic mass is 9.77. The van der Waals surface area contributed by atoms with Crippen molar-refractivity contribution in [1.82, 2.24) is 0 Å². The molecule has 5 heteroatoms. The van der Waals surface area contributed by atoms with Gasteiger partial charge < -0.3 is 9.64 Å². The molecule has 2 aromatic carbocycles. The minimum absolute atomic E-state index is 0.0620. The Morgan fingerprint density at radius 2 is 1.93 bits per heavy atom. The molecule has 0 saturated carbocycles. The third-order valence-electron chi connectivity index (χ3n) is 6.84. The second kappa shape index (κ2) is 6.00. The van der Waals surface area contributed by atoms with Gasteiger partial charge in [-0.15, -0.1) is 0 Å². The zero-order valence-corrected chi connectivity index (χ0v) is 18.7. The van der Waals surface area contributed by atoms with Crippen LogP contribution < -0.4 is 9.47 Å². The molecule has 7 rings (SSSR count). The van der Waals surface area contributed by atoms with E-state index in [1.807, 2.05) is 23.1 Å². The maximum Gasteiger partial charge on any atom is 0.268 e. The second-order valence-corrected chi connectivity index (χ2v) is 11.4. The topological polar surface area (TPSA) is 16.4 Å². The molecule has 0 saturated heterocycles. The average Bonchev–Trinajstić information content (AvgIpc) is 3.31. The second-order valence-electron chi connectivity index (χ2n) is 9.32. The summed E-state index contributed by atoms with van der Waals surface area (Å²) < 4.78 is 10.8. The minimum atomic E-state index is 0.0620. The predicted octanol–water partition coefficient (Wildman–Crippen LogP) is 5.61. The SMILES string of the molecule is CC1(C)C[n+]2c(sc3ccccc32)C2=CC3=C4Sc5ccccc5N4CCC3OC21. The van der Waals surface area contributed by atoms with E-state index < -0.39 is 0 Å². The fourth-order valence-electron chi connectivity index (χ4n) is 5.46. The summed E-state index contributed by atoms with van der Waals surface area (Å²) in [5.41, 5.74) is 5.49. The molecule has 1 aromatic heterocycles. The highest BCUT2D eigenvalue weighted by atomic mass is 32.2. The van der Waals surface area contributed by atoms with Gasteiger partial charge in [0, 0.05) is 23.1 Å². The molecule has 0 N–H and O–H groups in total. The smallest absolute Gasteiger partial charge is 0.268 e. The van der Waals surface area contributed by atoms with Crippen molar-refractivity contribution in [2.45, 2.75) is 43.9 Å². The van der Waals surface area contributed by atoms with E-state index in [4.69, 9.17) is 4.74 Å². The third-order valence-corrected chi connectivity index (χ3v) is 9.27. The highest BCUT2D eigenvalue weighted by molar-refractivity contribution is 8.03. The Hall–Kier alpha value is -2.08. The molecule has 3 nitrogen and oxygen atoms in total. The maximum atomic E-state index is 6.90. The first kappa shape index (κ1) is 17.6. The van der Waals surface area contributed by atoms with Gasteiger partial charge in [-0.25, -0.2) is 0 Å². The van der Waals surface area contributed by atoms with E-state index in [1.54, 1.807) is 0 Å². The quantitative estimate of drug-likeness (QED) is 0.431. The van der Waals surface area contributed by atoms with Gasteiger partial charge in [0.1, 0.15) is 10.8 Å². The highest BCUT2D eigenvalue weighted by Gasteiger charge is 2.51. The van der Waals surface area contributed by atoms with Crippen molar-refractivity contribution >= 4 is 44.6 Å². The summed E-state index contributed by atoms with van der Waals surface area (Å²) in [6.45, 7) is 6.76. The van der Waals surface area contributed by atoms with Crippen LogP contribution in [-0.2, 0) is 11.3 Å². The fraction of sp³-hybridized carbons (Fsp3) is 0.320. The number of thioether (sulfide) groups is 1. The Morgan fingerprint density at radius 1 is 1.10 bits per heavy atom. The largest absolute Gasteiger partial charge is 0.364 e. The predicted molar refractivity (Wildman–Crippen MR) is 124 cm³/mol. The zero-order chi connectivity index (χ0) is 20.0. The summed E-state index contributed by atoms with van der Waals surface area (Å²) in [5.74, 6) is 0. The van der Waals surface area contributed by atoms with Crippen LogP contribution in [0.4, 0.5) is 5.69 Å². The fourth-order valence-corrected chi connectivity index (χ4v) is 7.90. The van der Waals surface area contributed by atoms with E-state index >= 15 is 0 Å². The van der Waals surface area contributed by atoms with Crippen molar-refractivity contribution in [2.75, 3.05) is 11.4 Å². The molecule has 0 bridgehead atoms. The van der Waals surface area contributed by atoms with Crippen molar-refractivity contribution < 1.29 is 9.30 Å². The number of hydrogen-bond donors (Lipinski definition) is 0. The van der Waals surface area contributed by atoms with Crippen LogP contribution in [0.3, 0.4) is 0 Å². The average molecular weight is 432 g/mol. The molecule has 4 aliphatic heterocycles. The lowest BCUT2D eigenvalue weighted by Crippen LogP contribution is -2.56. The normalized spacial score (nSPS) is 25.9. The third kappa shape index (κ3) is 2.29. The number of nitrogens with zero attached hydrogens (tertiary/aromatic N) is 2. The van der Waals surface area contributed by atoms with Gasteiger partial charge in [0.05, 0.1) is 27.8 Å². The first-order chi connectivity index (χ1) is 14.6. The minimum Gasteiger partial charge on any atom is -0.364 e. The molecule has 0 aliphatic carbocycles. The standard InChI is InChI=1S/C25H23N2OS2/c1-25(2)14-27-18-8-4-6-10-21(18)30-24(27)16-13-15-19(28-22(16)25)11-12-26-17-7-3-5-9-20(17)29-23(15)26/h3-10,13,19,22H,11-12,14H2,1-2H3/q+1. The summed E-state index contributed by atoms with van der Waals surface area (Å²) in [6, 6.07) is 17.6. The molecular weight excluding hydrogens is 408 g/mol. The van der Waals surface area contributed by atoms with Gasteiger partial charge in [0.2, 0.25) is 5.52 Å². The molecule has 0 spiro atoms. The number of thiazole rings is 1. The van der Waals surface area contributed by atoms with Gasteiger partial charge in [-0.05, 0) is 30.7 Å². The lowest BCUT2D eigenvalue weighted by Gasteiger charge is -2.44. The number of fused-ring (bicyclic) bond motifs is 9. The van der Waals surface area contributed by atoms with Crippen LogP contribution >= 0.6 is 23.1 Å². The summed E-state index contributed by atoms with van der Waals surface area (Å²) in [7, 11) is 0. The van der Waals surface area contributed by atoms with Crippen LogP contribution in [0.15, 0.2) is 70.1 Å². The Labute approximate surface area is 184 Å². The molecule has 2 unspecified atom stereocenters. The molecule has 4 aliphatic rings. The Bertz CT molecular complexity index is 1290. The van der Waals surface area contributed by atoms with E-state index in [0.717, 1.165) is 19.5 Å². The van der Waals surface area contributed by atoms with Gasteiger partial charge in [-0.3, -0.25) is 0 Å². The van der Waals surface area contributed by atoms with Gasteiger partial charge >= 0.3 is 0 Å². The van der Waals surface area contributed by atoms with Crippen molar-refractivity contribution in [2.24, 2.45) is 5.41 Å². The molecule has 0 fully saturated rings. The summed E-state index contributed by atoms with van der Waals surface area (Å²) in [6.07, 6.45) is 3.89. The van der Waals surface area contributed by atoms with E-state index in [9.17, 15) is 0 Å². The molecule has 0 amide bonds. The Morgan fingerprint density at radius 3 is 2.87 bits per heavy atom. The van der Waals surface area contributed by atoms with Crippen LogP contribution in [-0.4, -0.2) is 18.8 Å². The number of anilines is 1. The van der Waals surface area contributed by atoms with Crippen LogP contribution in [0.2, 0.25) is 0 Å². The number of rotatable bonds is 0. The van der Waals surface area contributed by atoms with Crippen LogP contribution in [0, 0.1) is 5.41 Å².